The number of hydrogen-bond donors (Lipinski definition) is 4. The summed E-state index contributed by atoms with van der Waals surface area (Å²) in [6, 6.07) is -0.778. The van der Waals surface area contributed by atoms with Crippen LogP contribution in [0.2, 0.25) is 0 Å². The predicted octanol–water partition coefficient (Wildman–Crippen LogP) is 11.9. The molecule has 0 rings (SSSR count). The molecule has 8 heteroatoms. The molecule has 0 saturated heterocycles. The highest BCUT2D eigenvalue weighted by Gasteiger charge is 2.20. The molecule has 0 fully saturated rings. The van der Waals surface area contributed by atoms with Gasteiger partial charge in [-0.1, -0.05) is 186 Å². The second-order valence-corrected chi connectivity index (χ2v) is 16.2. The summed E-state index contributed by atoms with van der Waals surface area (Å²) in [6.07, 6.45) is 40.4. The third-order valence-electron chi connectivity index (χ3n) is 10.7. The molecule has 1 atom stereocenters. The molecule has 0 unspecified atom stereocenters. The van der Waals surface area contributed by atoms with Gasteiger partial charge < -0.3 is 21.1 Å². The molecule has 0 aliphatic carbocycles. The van der Waals surface area contributed by atoms with Crippen molar-refractivity contribution in [1.82, 2.24) is 16.0 Å². The van der Waals surface area contributed by atoms with Crippen molar-refractivity contribution in [3.8, 4) is 23.7 Å². The predicted molar refractivity (Wildman–Crippen MR) is 239 cm³/mol. The van der Waals surface area contributed by atoms with Gasteiger partial charge in [-0.15, -0.1) is 0 Å². The Morgan fingerprint density at radius 1 is 0.456 bits per heavy atom. The Balaban J connectivity index is 3.91. The Kier molecular flexibility index (Phi) is 41.8. The first kappa shape index (κ1) is 54.0. The van der Waals surface area contributed by atoms with Gasteiger partial charge in [-0.3, -0.25) is 19.2 Å². The van der Waals surface area contributed by atoms with E-state index < -0.39 is 24.5 Å². The van der Waals surface area contributed by atoms with E-state index in [1.807, 2.05) is 0 Å². The van der Waals surface area contributed by atoms with Gasteiger partial charge >= 0.3 is 5.97 Å². The van der Waals surface area contributed by atoms with Gasteiger partial charge in [0.05, 0.1) is 0 Å². The summed E-state index contributed by atoms with van der Waals surface area (Å²) in [7, 11) is 0. The minimum absolute atomic E-state index is 0.0430. The van der Waals surface area contributed by atoms with Crippen molar-refractivity contribution in [2.24, 2.45) is 0 Å². The molecule has 328 valence electrons. The first-order chi connectivity index (χ1) is 27.9. The van der Waals surface area contributed by atoms with Gasteiger partial charge in [0, 0.05) is 32.2 Å². The molecular weight excluding hydrogens is 711 g/mol. The first-order valence-electron chi connectivity index (χ1n) is 23.9. The van der Waals surface area contributed by atoms with Crippen LogP contribution in [0.1, 0.15) is 245 Å². The maximum absolute atomic E-state index is 12.6. The van der Waals surface area contributed by atoms with Gasteiger partial charge in [0.25, 0.3) is 0 Å². The average molecular weight is 798 g/mol. The minimum Gasteiger partial charge on any atom is -0.480 e. The molecule has 0 bridgehead atoms. The number of carboxylic acids is 1. The van der Waals surface area contributed by atoms with E-state index in [1.165, 1.54) is 128 Å². The van der Waals surface area contributed by atoms with E-state index in [2.05, 4.69) is 53.5 Å². The van der Waals surface area contributed by atoms with Gasteiger partial charge in [0.15, 0.2) is 0 Å². The minimum atomic E-state index is -1.13. The number of carboxylic acid groups (broad SMARTS) is 1. The van der Waals surface area contributed by atoms with E-state index in [0.29, 0.717) is 38.6 Å². The lowest BCUT2D eigenvalue weighted by Gasteiger charge is -2.18. The second kappa shape index (κ2) is 44.1. The number of amides is 3. The van der Waals surface area contributed by atoms with Crippen LogP contribution >= 0.6 is 0 Å². The van der Waals surface area contributed by atoms with Crippen molar-refractivity contribution >= 4 is 23.7 Å². The number of hydrogen-bond acceptors (Lipinski definition) is 4. The lowest BCUT2D eigenvalue weighted by atomic mass is 10.0. The van der Waals surface area contributed by atoms with Crippen LogP contribution in [0.5, 0.6) is 0 Å². The molecule has 0 aliphatic rings. The van der Waals surface area contributed by atoms with Crippen molar-refractivity contribution in [2.45, 2.75) is 251 Å². The smallest absolute Gasteiger partial charge is 0.322 e. The molecular formula is C49H87N3O5. The Hall–Kier alpha value is -3.00. The Morgan fingerprint density at radius 3 is 1.26 bits per heavy atom. The molecule has 0 radical (unpaired) electrons. The van der Waals surface area contributed by atoms with E-state index >= 15 is 0 Å². The Bertz CT molecular complexity index is 1100. The molecule has 0 spiro atoms. The summed E-state index contributed by atoms with van der Waals surface area (Å²) in [4.78, 5) is 48.5. The molecule has 4 N–H and O–H groups in total. The molecule has 8 nitrogen and oxygen atoms in total. The van der Waals surface area contributed by atoms with Gasteiger partial charge in [-0.2, -0.15) is 0 Å². The Morgan fingerprint density at radius 2 is 0.842 bits per heavy atom. The highest BCUT2D eigenvalue weighted by Crippen LogP contribution is 2.14. The topological polar surface area (TPSA) is 125 Å². The quantitative estimate of drug-likeness (QED) is 0.0362. The third kappa shape index (κ3) is 42.4. The van der Waals surface area contributed by atoms with Crippen molar-refractivity contribution in [2.75, 3.05) is 13.1 Å². The van der Waals surface area contributed by atoms with Crippen LogP contribution in [0, 0.1) is 23.7 Å². The highest BCUT2D eigenvalue weighted by atomic mass is 16.4. The van der Waals surface area contributed by atoms with E-state index in [1.54, 1.807) is 0 Å². The number of aliphatic carboxylic acids is 1. The monoisotopic (exact) mass is 798 g/mol. The van der Waals surface area contributed by atoms with Gasteiger partial charge in [0.2, 0.25) is 17.7 Å². The fraction of sp³-hybridized carbons (Fsp3) is 0.837. The molecule has 0 aromatic heterocycles. The molecule has 3 amide bonds. The molecule has 0 heterocycles. The van der Waals surface area contributed by atoms with Crippen molar-refractivity contribution in [3.63, 3.8) is 0 Å². The number of carbonyl (C=O) groups is 4. The normalized spacial score (nSPS) is 11.2. The van der Waals surface area contributed by atoms with Crippen molar-refractivity contribution < 1.29 is 24.3 Å². The van der Waals surface area contributed by atoms with Crippen LogP contribution in [0.3, 0.4) is 0 Å². The fourth-order valence-electron chi connectivity index (χ4n) is 7.03. The summed E-state index contributed by atoms with van der Waals surface area (Å²) in [5.41, 5.74) is 0. The van der Waals surface area contributed by atoms with Crippen LogP contribution in [0.25, 0.3) is 0 Å². The zero-order valence-electron chi connectivity index (χ0n) is 37.0. The van der Waals surface area contributed by atoms with Gasteiger partial charge in [-0.25, -0.2) is 0 Å². The maximum atomic E-state index is 12.6. The zero-order valence-corrected chi connectivity index (χ0v) is 37.0. The van der Waals surface area contributed by atoms with Crippen LogP contribution < -0.4 is 16.0 Å². The molecule has 57 heavy (non-hydrogen) atoms. The summed E-state index contributed by atoms with van der Waals surface area (Å²) in [6.45, 7) is 4.55. The molecule has 0 aliphatic heterocycles. The van der Waals surface area contributed by atoms with Crippen LogP contribution in [-0.2, 0) is 19.2 Å². The SMILES string of the molecule is CCCCCCCCCCCCC#CC#CCCCCCCCCC(=O)NCCCC[C@H](NC(=O)CCCCCCCCCCCCCCC)C(=O)NCC(=O)O. The lowest BCUT2D eigenvalue weighted by molar-refractivity contribution is -0.138. The number of rotatable bonds is 41. The van der Waals surface area contributed by atoms with Gasteiger partial charge in [0.1, 0.15) is 12.6 Å². The number of nitrogens with one attached hydrogen (secondary N) is 3. The van der Waals surface area contributed by atoms with E-state index in [0.717, 1.165) is 70.6 Å². The molecule has 0 aromatic rings. The number of carbonyl (C=O) groups excluding carboxylic acids is 3. The second-order valence-electron chi connectivity index (χ2n) is 16.2. The highest BCUT2D eigenvalue weighted by molar-refractivity contribution is 5.89. The van der Waals surface area contributed by atoms with Crippen molar-refractivity contribution in [1.29, 1.82) is 0 Å². The van der Waals surface area contributed by atoms with E-state index in [4.69, 9.17) is 5.11 Å². The van der Waals surface area contributed by atoms with Crippen LogP contribution in [0.15, 0.2) is 0 Å². The summed E-state index contributed by atoms with van der Waals surface area (Å²) in [5, 5.41) is 17.2. The summed E-state index contributed by atoms with van der Waals surface area (Å²) >= 11 is 0. The average Bonchev–Trinajstić information content (AvgIpc) is 3.20. The third-order valence-corrected chi connectivity index (χ3v) is 10.7. The maximum Gasteiger partial charge on any atom is 0.322 e. The summed E-state index contributed by atoms with van der Waals surface area (Å²) in [5.74, 6) is 10.7. The Labute approximate surface area is 350 Å². The zero-order chi connectivity index (χ0) is 41.7. The van der Waals surface area contributed by atoms with E-state index in [9.17, 15) is 19.2 Å². The molecule has 0 aromatic carbocycles. The largest absolute Gasteiger partial charge is 0.480 e. The standard InChI is InChI=1S/C49H87N3O5/c1-3-5-7-9-11-13-15-17-18-19-20-21-22-23-24-25-27-28-30-32-34-36-41-46(53)50-43-39-38-40-45(49(57)51-44-48(55)56)52-47(54)42-37-35-33-31-29-26-16-14-12-10-8-6-4-2/h45H,3-20,25-44H2,1-2H3,(H,50,53)(H,51,57)(H,52,54)(H,55,56)/t45-/m0/s1. The van der Waals surface area contributed by atoms with E-state index in [-0.39, 0.29) is 11.8 Å². The van der Waals surface area contributed by atoms with Crippen LogP contribution in [0.4, 0.5) is 0 Å². The van der Waals surface area contributed by atoms with Gasteiger partial charge in [-0.05, 0) is 56.8 Å². The van der Waals surface area contributed by atoms with Crippen LogP contribution in [-0.4, -0.2) is 47.9 Å². The van der Waals surface area contributed by atoms with Crippen molar-refractivity contribution in [3.05, 3.63) is 0 Å². The first-order valence-corrected chi connectivity index (χ1v) is 23.9. The number of unbranched alkanes of at least 4 members (excludes halogenated alkanes) is 29. The lowest BCUT2D eigenvalue weighted by Crippen LogP contribution is -2.47. The summed E-state index contributed by atoms with van der Waals surface area (Å²) < 4.78 is 0. The molecule has 0 saturated carbocycles. The fourth-order valence-corrected chi connectivity index (χ4v) is 7.03.